The summed E-state index contributed by atoms with van der Waals surface area (Å²) in [7, 11) is 0. The number of ether oxygens (including phenoxy) is 10. The summed E-state index contributed by atoms with van der Waals surface area (Å²) in [5.74, 6) is -4.88. The van der Waals surface area contributed by atoms with Crippen molar-refractivity contribution in [1.82, 2.24) is 21.3 Å². The highest BCUT2D eigenvalue weighted by Gasteiger charge is 2.37. The summed E-state index contributed by atoms with van der Waals surface area (Å²) in [5, 5.41) is 36.1. The van der Waals surface area contributed by atoms with Crippen molar-refractivity contribution >= 4 is 105 Å². The van der Waals surface area contributed by atoms with Gasteiger partial charge in [-0.25, -0.2) is 24.2 Å². The van der Waals surface area contributed by atoms with Gasteiger partial charge in [-0.1, -0.05) is 52.0 Å². The van der Waals surface area contributed by atoms with Crippen LogP contribution in [0.15, 0.2) is 144 Å². The van der Waals surface area contributed by atoms with E-state index in [0.29, 0.717) is 100 Å². The van der Waals surface area contributed by atoms with Crippen LogP contribution in [0.5, 0.6) is 17.2 Å². The Morgan fingerprint density at radius 1 is 0.455 bits per heavy atom. The van der Waals surface area contributed by atoms with Crippen LogP contribution < -0.4 is 91.4 Å². The number of nitrogens with two attached hydrogens (primary N) is 2. The molecule has 38 heteroatoms. The number of rotatable bonds is 53. The molecule has 12 amide bonds. The summed E-state index contributed by atoms with van der Waals surface area (Å²) < 4.78 is 54.4. The number of aliphatic hydroxyl groups excluding tert-OH is 1. The smallest absolute Gasteiger partial charge is 0.514 e. The highest BCUT2D eigenvalue weighted by Crippen LogP contribution is 2.31. The van der Waals surface area contributed by atoms with E-state index in [1.807, 2.05) is 0 Å². The van der Waals surface area contributed by atoms with Crippen LogP contribution in [0.4, 0.5) is 42.8 Å². The molecule has 0 aliphatic carbocycles. The number of nitro benzene ring substituents is 1. The van der Waals surface area contributed by atoms with Crippen LogP contribution in [0.3, 0.4) is 0 Å². The topological polar surface area (TPSA) is 508 Å². The first-order valence-electron chi connectivity index (χ1n) is 39.6. The second-order valence-corrected chi connectivity index (χ2v) is 28.7. The van der Waals surface area contributed by atoms with Crippen LogP contribution >= 0.6 is 0 Å². The van der Waals surface area contributed by atoms with Crippen molar-refractivity contribution < 1.29 is 144 Å². The van der Waals surface area contributed by atoms with E-state index in [1.54, 1.807) is 152 Å². The molecule has 0 bridgehead atoms. The van der Waals surface area contributed by atoms with Gasteiger partial charge in [0.05, 0.1) is 101 Å². The number of ketones is 2. The van der Waals surface area contributed by atoms with Crippen LogP contribution in [-0.4, -0.2) is 205 Å². The normalized spacial score (nSPS) is 13.4. The molecule has 5 aromatic rings. The highest BCUT2D eigenvalue weighted by atomic mass is 127. The number of carbonyl (C=O) groups excluding carboxylic acids is 13. The molecule has 0 radical (unpaired) electrons. The van der Waals surface area contributed by atoms with Crippen molar-refractivity contribution in [1.29, 1.82) is 0 Å². The molecule has 5 aromatic carbocycles. The van der Waals surface area contributed by atoms with E-state index in [2.05, 4.69) is 31.9 Å². The molecule has 2 aliphatic rings. The number of Topliss-reactive ketones (excluding diaryl/α,β-unsaturated/α-hetero) is 2. The summed E-state index contributed by atoms with van der Waals surface area (Å²) in [6, 6.07) is 28.0. The molecule has 0 unspecified atom stereocenters. The van der Waals surface area contributed by atoms with Gasteiger partial charge in [0.2, 0.25) is 23.6 Å². The fourth-order valence-electron chi connectivity index (χ4n) is 11.9. The minimum Gasteiger partial charge on any atom is -1.00 e. The molecule has 4 atom stereocenters. The summed E-state index contributed by atoms with van der Waals surface area (Å²) in [4.78, 5) is 176. The Kier molecular flexibility index (Phi) is 44.7. The number of amides is 12. The van der Waals surface area contributed by atoms with E-state index in [-0.39, 0.29) is 213 Å². The first-order valence-corrected chi connectivity index (χ1v) is 39.6. The predicted molar refractivity (Wildman–Crippen MR) is 444 cm³/mol. The molecule has 668 valence electrons. The number of aliphatic hydroxyl groups is 1. The molecule has 37 nitrogen and oxygen atoms in total. The molecule has 0 spiro atoms. The van der Waals surface area contributed by atoms with Crippen molar-refractivity contribution in [2.24, 2.45) is 35.1 Å². The number of imide groups is 2. The Morgan fingerprint density at radius 3 is 1.12 bits per heavy atom. The first-order chi connectivity index (χ1) is 58.3. The number of non-ortho nitro benzene ring substituents is 1. The van der Waals surface area contributed by atoms with Crippen molar-refractivity contribution in [2.45, 2.75) is 119 Å². The minimum atomic E-state index is -1.03. The van der Waals surface area contributed by atoms with E-state index in [0.717, 1.165) is 9.80 Å². The zero-order valence-corrected chi connectivity index (χ0v) is 72.2. The number of hydrogen-bond donors (Lipinski definition) is 9. The summed E-state index contributed by atoms with van der Waals surface area (Å²) in [6.45, 7) is 16.0. The van der Waals surface area contributed by atoms with Gasteiger partial charge in [-0.3, -0.25) is 58.1 Å². The second-order valence-electron chi connectivity index (χ2n) is 28.7. The number of carbonyl (C=O) groups is 13. The van der Waals surface area contributed by atoms with Gasteiger partial charge < -0.3 is 120 Å². The monoisotopic (exact) mass is 1830 g/mol. The molecule has 0 saturated carbocycles. The molecule has 123 heavy (non-hydrogen) atoms. The van der Waals surface area contributed by atoms with E-state index in [1.165, 1.54) is 24.3 Å². The summed E-state index contributed by atoms with van der Waals surface area (Å²) >= 11 is 0. The van der Waals surface area contributed by atoms with Gasteiger partial charge in [0.25, 0.3) is 29.3 Å². The van der Waals surface area contributed by atoms with Crippen molar-refractivity contribution in [3.8, 4) is 17.2 Å². The molecular weight excluding hydrogens is 1720 g/mol. The van der Waals surface area contributed by atoms with Gasteiger partial charge in [0.1, 0.15) is 50.3 Å². The number of nitrogens with zero attached hydrogens (tertiary/aromatic N) is 3. The van der Waals surface area contributed by atoms with Gasteiger partial charge in [-0.2, -0.15) is 0 Å². The minimum absolute atomic E-state index is 0. The Labute approximate surface area is 729 Å². The lowest BCUT2D eigenvalue weighted by molar-refractivity contribution is -0.384. The summed E-state index contributed by atoms with van der Waals surface area (Å²) in [6.07, 6.45) is -0.154. The third-order valence-electron chi connectivity index (χ3n) is 18.9. The summed E-state index contributed by atoms with van der Waals surface area (Å²) in [5.41, 5.74) is 15.0. The highest BCUT2D eigenvalue weighted by molar-refractivity contribution is 6.33. The standard InChI is InChI=1S/C46H56N6O15.C39H53N5O11.HI/c1-29(2)41(50-40(54)28-64-23-22-62-20-21-63-24-25-65-37-15-11-35(12-16-37)51-43(56)30(3)31(4)44(51)57)39(53)26-33(6-5-19-48-45(47)58)42(55)49-34-9-7-32(8-10-34)27-66-46(59)67-38-17-13-36(14-18-38)52(60)61;1-25(2)35(33(46)22-29(6-5-15-41-39(40)51)36(48)42-30-9-7-28(23-45)8-10-30)43-34(47)24-54-19-18-52-16-17-53-20-21-55-32-13-11-31(12-14-32)44-37(49)26(3)27(4)38(44)50;/h7-18,29,33,41H,5-6,19-28H2,1-4H3,(H,49,55)(H,50,54)(H3,47,48,58);7-14,25,29,35,45H,5-6,15-24H2,1-4H3,(H,42,48)(H,43,47)(H3,40,41,51);1H/p-1/t33-,41+;29-,35+;/m11./s1. The predicted octanol–water partition coefficient (Wildman–Crippen LogP) is 4.38. The quantitative estimate of drug-likeness (QED) is 0.00496. The van der Waals surface area contributed by atoms with Crippen molar-refractivity contribution in [2.75, 3.05) is 126 Å². The van der Waals surface area contributed by atoms with Gasteiger partial charge in [0.15, 0.2) is 11.6 Å². The number of anilines is 4. The maximum atomic E-state index is 13.6. The molecule has 0 saturated heterocycles. The number of benzene rings is 5. The third-order valence-corrected chi connectivity index (χ3v) is 18.9. The molecule has 0 aromatic heterocycles. The Morgan fingerprint density at radius 2 is 0.789 bits per heavy atom. The maximum absolute atomic E-state index is 13.6. The lowest BCUT2D eigenvalue weighted by Crippen LogP contribution is -3.00. The number of urea groups is 2. The van der Waals surface area contributed by atoms with Crippen LogP contribution in [0, 0.1) is 33.8 Å². The fourth-order valence-corrected chi connectivity index (χ4v) is 11.9. The lowest BCUT2D eigenvalue weighted by atomic mass is 9.89. The van der Waals surface area contributed by atoms with Gasteiger partial charge in [0, 0.05) is 83.6 Å². The van der Waals surface area contributed by atoms with Crippen molar-refractivity contribution in [3.05, 3.63) is 165 Å². The van der Waals surface area contributed by atoms with E-state index in [4.69, 9.17) is 58.8 Å². The van der Waals surface area contributed by atoms with E-state index in [9.17, 15) is 77.5 Å². The van der Waals surface area contributed by atoms with Gasteiger partial charge >= 0.3 is 18.2 Å². The average molecular weight is 1830 g/mol. The molecule has 2 aliphatic heterocycles. The molecule has 0 fully saturated rings. The second kappa shape index (κ2) is 54.0. The molecule has 2 heterocycles. The number of nitrogens with one attached hydrogen (secondary N) is 6. The molecule has 7 rings (SSSR count). The lowest BCUT2D eigenvalue weighted by Gasteiger charge is -2.24. The maximum Gasteiger partial charge on any atom is 0.514 e. The first kappa shape index (κ1) is 102. The Hall–Kier alpha value is -11.7. The average Bonchev–Trinajstić information content (AvgIpc) is 1.65. The van der Waals surface area contributed by atoms with Gasteiger partial charge in [-0.05, 0) is 161 Å². The zero-order chi connectivity index (χ0) is 89.2. The number of primary amides is 2. The van der Waals surface area contributed by atoms with Gasteiger partial charge in [-0.15, -0.1) is 0 Å². The number of hydrogen-bond acceptors (Lipinski definition) is 26. The van der Waals surface area contributed by atoms with Crippen LogP contribution in [-0.2, 0) is 94.3 Å². The van der Waals surface area contributed by atoms with Crippen LogP contribution in [0.1, 0.15) is 105 Å². The Bertz CT molecular complexity index is 4390. The SMILES string of the molecule is CC1=C(C)C(=O)N(c2ccc(OCCOCCOCCOCC(=O)N[C@H](C(=O)C[C@@H](CCCNC(N)=O)C(=O)Nc3ccc(CO)cc3)C(C)C)cc2)C1=O.CC1=C(C)C(=O)N(c2ccc(OCCOCCOCCOCC(=O)N[C@H](C(=O)C[C@@H](CCCNC(N)=O)C(=O)Nc3ccc(COC(=O)Oc4ccc([N+](=O)[O-])cc4)cc3)C(C)C)cc2)C1=O.[I-]. The van der Waals surface area contributed by atoms with E-state index >= 15 is 0 Å². The fraction of sp³-hybridized carbons (Fsp3) is 0.447. The molecular formula is C85H109IN11O26-. The van der Waals surface area contributed by atoms with E-state index < -0.39 is 64.8 Å². The molecule has 11 N–H and O–H groups in total. The third kappa shape index (κ3) is 35.4. The number of nitro groups is 1. The van der Waals surface area contributed by atoms with Crippen LogP contribution in [0.2, 0.25) is 0 Å². The van der Waals surface area contributed by atoms with Crippen LogP contribution in [0.25, 0.3) is 0 Å². The van der Waals surface area contributed by atoms with Crippen molar-refractivity contribution in [3.63, 3.8) is 0 Å². The Balaban J connectivity index is 0.000000442. The number of halogens is 1. The largest absolute Gasteiger partial charge is 1.00 e. The zero-order valence-electron chi connectivity index (χ0n) is 70.0.